The van der Waals surface area contributed by atoms with Gasteiger partial charge in [-0.1, -0.05) is 11.6 Å². The van der Waals surface area contributed by atoms with E-state index in [1.54, 1.807) is 16.8 Å². The number of carbonyl (C=O) groups is 1. The Morgan fingerprint density at radius 3 is 2.39 bits per heavy atom. The minimum absolute atomic E-state index is 0.0380. The van der Waals surface area contributed by atoms with Crippen LogP contribution >= 0.6 is 11.6 Å². The maximum absolute atomic E-state index is 13.4. The van der Waals surface area contributed by atoms with Crippen molar-refractivity contribution in [3.8, 4) is 5.82 Å². The highest BCUT2D eigenvalue weighted by molar-refractivity contribution is 6.31. The summed E-state index contributed by atoms with van der Waals surface area (Å²) in [5, 5.41) is 4.60. The second-order valence-electron chi connectivity index (χ2n) is 8.59. The van der Waals surface area contributed by atoms with Gasteiger partial charge in [0, 0.05) is 56.7 Å². The summed E-state index contributed by atoms with van der Waals surface area (Å²) in [4.78, 5) is 27.9. The first-order valence-corrected chi connectivity index (χ1v) is 11.4. The van der Waals surface area contributed by atoms with Gasteiger partial charge in [0.15, 0.2) is 5.82 Å². The van der Waals surface area contributed by atoms with Crippen molar-refractivity contribution in [3.05, 3.63) is 58.9 Å². The van der Waals surface area contributed by atoms with Crippen LogP contribution in [0.1, 0.15) is 11.4 Å². The van der Waals surface area contributed by atoms with Crippen molar-refractivity contribution >= 4 is 29.0 Å². The Labute approximate surface area is 196 Å². The zero-order valence-corrected chi connectivity index (χ0v) is 19.3. The first-order chi connectivity index (χ1) is 15.9. The molecule has 1 amide bonds. The average Bonchev–Trinajstić information content (AvgIpc) is 3.13. The highest BCUT2D eigenvalue weighted by atomic mass is 35.5. The molecule has 0 atom stereocenters. The van der Waals surface area contributed by atoms with Crippen molar-refractivity contribution in [3.63, 3.8) is 0 Å². The van der Waals surface area contributed by atoms with Crippen LogP contribution in [-0.2, 0) is 4.79 Å². The summed E-state index contributed by atoms with van der Waals surface area (Å²) in [5.74, 6) is 1.24. The van der Waals surface area contributed by atoms with E-state index in [0.717, 1.165) is 28.7 Å². The monoisotopic (exact) mass is 469 g/mol. The fourth-order valence-corrected chi connectivity index (χ4v) is 4.61. The van der Waals surface area contributed by atoms with E-state index in [4.69, 9.17) is 11.6 Å². The van der Waals surface area contributed by atoms with Gasteiger partial charge < -0.3 is 14.7 Å². The van der Waals surface area contributed by atoms with E-state index in [2.05, 4.69) is 24.9 Å². The third-order valence-corrected chi connectivity index (χ3v) is 6.57. The molecule has 0 bridgehead atoms. The van der Waals surface area contributed by atoms with Crippen molar-refractivity contribution in [1.29, 1.82) is 0 Å². The second kappa shape index (κ2) is 8.62. The summed E-state index contributed by atoms with van der Waals surface area (Å²) in [7, 11) is 0. The molecule has 8 nitrogen and oxygen atoms in total. The summed E-state index contributed by atoms with van der Waals surface area (Å²) >= 11 is 5.91. The first-order valence-electron chi connectivity index (χ1n) is 11.0. The van der Waals surface area contributed by atoms with Crippen molar-refractivity contribution in [2.75, 3.05) is 49.1 Å². The van der Waals surface area contributed by atoms with E-state index in [0.29, 0.717) is 39.3 Å². The van der Waals surface area contributed by atoms with Gasteiger partial charge in [0.1, 0.15) is 18.0 Å². The van der Waals surface area contributed by atoms with Crippen LogP contribution < -0.4 is 9.80 Å². The van der Waals surface area contributed by atoms with Gasteiger partial charge in [0.2, 0.25) is 5.91 Å². The number of piperazine rings is 1. The molecule has 0 aliphatic carbocycles. The number of amides is 1. The van der Waals surface area contributed by atoms with E-state index in [-0.39, 0.29) is 16.8 Å². The Hall–Kier alpha value is -3.20. The smallest absolute Gasteiger partial charge is 0.229 e. The normalized spacial score (nSPS) is 16.8. The minimum atomic E-state index is -0.422. The highest BCUT2D eigenvalue weighted by Crippen LogP contribution is 2.27. The molecule has 5 rings (SSSR count). The summed E-state index contributed by atoms with van der Waals surface area (Å²) in [6, 6.07) is 8.66. The van der Waals surface area contributed by atoms with Gasteiger partial charge in [0.05, 0.1) is 16.6 Å². The first kappa shape index (κ1) is 21.6. The van der Waals surface area contributed by atoms with Gasteiger partial charge in [-0.2, -0.15) is 5.10 Å². The maximum atomic E-state index is 13.4. The lowest BCUT2D eigenvalue weighted by atomic mass is 9.98. The van der Waals surface area contributed by atoms with Gasteiger partial charge in [-0.15, -0.1) is 0 Å². The Morgan fingerprint density at radius 1 is 1.00 bits per heavy atom. The summed E-state index contributed by atoms with van der Waals surface area (Å²) in [6.07, 6.45) is 1.54. The summed E-state index contributed by atoms with van der Waals surface area (Å²) in [6.45, 7) is 7.89. The molecular weight excluding hydrogens is 445 g/mol. The minimum Gasteiger partial charge on any atom is -0.368 e. The van der Waals surface area contributed by atoms with E-state index in [1.165, 1.54) is 12.4 Å². The fourth-order valence-electron chi connectivity index (χ4n) is 4.43. The Morgan fingerprint density at radius 2 is 1.73 bits per heavy atom. The average molecular weight is 470 g/mol. The van der Waals surface area contributed by atoms with Crippen molar-refractivity contribution in [2.24, 2.45) is 5.92 Å². The lowest BCUT2D eigenvalue weighted by Gasteiger charge is -2.43. The van der Waals surface area contributed by atoms with E-state index in [9.17, 15) is 9.18 Å². The molecule has 2 aromatic heterocycles. The fraction of sp³-hybridized carbons (Fsp3) is 0.391. The predicted octanol–water partition coefficient (Wildman–Crippen LogP) is 2.86. The molecule has 33 heavy (non-hydrogen) atoms. The topological polar surface area (TPSA) is 70.4 Å². The Bertz CT molecular complexity index is 1190. The highest BCUT2D eigenvalue weighted by Gasteiger charge is 2.37. The third kappa shape index (κ3) is 4.25. The number of halogens is 2. The lowest BCUT2D eigenvalue weighted by molar-refractivity contribution is -0.136. The molecule has 0 radical (unpaired) electrons. The molecule has 2 aliphatic heterocycles. The largest absolute Gasteiger partial charge is 0.368 e. The van der Waals surface area contributed by atoms with Gasteiger partial charge >= 0.3 is 0 Å². The van der Waals surface area contributed by atoms with Crippen LogP contribution in [0.2, 0.25) is 5.02 Å². The number of rotatable bonds is 4. The van der Waals surface area contributed by atoms with Crippen molar-refractivity contribution in [1.82, 2.24) is 24.6 Å². The molecule has 3 aromatic rings. The van der Waals surface area contributed by atoms with Crippen molar-refractivity contribution in [2.45, 2.75) is 13.8 Å². The van der Waals surface area contributed by atoms with Crippen LogP contribution in [0.3, 0.4) is 0 Å². The lowest BCUT2D eigenvalue weighted by Crippen LogP contribution is -2.58. The molecule has 2 aliphatic rings. The number of anilines is 2. The van der Waals surface area contributed by atoms with Crippen molar-refractivity contribution < 1.29 is 9.18 Å². The van der Waals surface area contributed by atoms with Gasteiger partial charge in [-0.3, -0.25) is 4.79 Å². The van der Waals surface area contributed by atoms with E-state index in [1.807, 2.05) is 30.9 Å². The number of aryl methyl sites for hydroxylation is 2. The standard InChI is InChI=1S/C23H25ClFN7O/c1-15-9-16(2)32(28-15)22-11-21(26-14-27-22)31-12-17(13-31)23(33)30-7-5-29(6-8-30)18-3-4-20(25)19(24)10-18/h3-4,9-11,14,17H,5-8,12-13H2,1-2H3. The molecule has 0 spiro atoms. The zero-order valence-electron chi connectivity index (χ0n) is 18.6. The van der Waals surface area contributed by atoms with Crippen LogP contribution in [0, 0.1) is 25.6 Å². The quantitative estimate of drug-likeness (QED) is 0.585. The molecule has 4 heterocycles. The van der Waals surface area contributed by atoms with Crippen LogP contribution in [0.4, 0.5) is 15.9 Å². The Kier molecular flexibility index (Phi) is 5.65. The number of carbonyl (C=O) groups excluding carboxylic acids is 1. The number of benzene rings is 1. The number of nitrogens with zero attached hydrogens (tertiary/aromatic N) is 7. The molecule has 2 fully saturated rings. The van der Waals surface area contributed by atoms with Gasteiger partial charge in [-0.05, 0) is 38.1 Å². The van der Waals surface area contributed by atoms with Gasteiger partial charge in [-0.25, -0.2) is 19.0 Å². The molecule has 2 saturated heterocycles. The Balaban J connectivity index is 1.17. The van der Waals surface area contributed by atoms with Crippen LogP contribution in [0.5, 0.6) is 0 Å². The maximum Gasteiger partial charge on any atom is 0.229 e. The second-order valence-corrected chi connectivity index (χ2v) is 8.99. The van der Waals surface area contributed by atoms with E-state index >= 15 is 0 Å². The third-order valence-electron chi connectivity index (χ3n) is 6.28. The molecule has 0 unspecified atom stereocenters. The number of hydrogen-bond acceptors (Lipinski definition) is 6. The summed E-state index contributed by atoms with van der Waals surface area (Å²) < 4.78 is 15.2. The molecule has 10 heteroatoms. The SMILES string of the molecule is Cc1cc(C)n(-c2cc(N3CC(C(=O)N4CCN(c5ccc(F)c(Cl)c5)CC4)C3)ncn2)n1. The predicted molar refractivity (Wildman–Crippen MR) is 125 cm³/mol. The van der Waals surface area contributed by atoms with Gasteiger partial charge in [0.25, 0.3) is 0 Å². The van der Waals surface area contributed by atoms with E-state index < -0.39 is 5.82 Å². The molecule has 172 valence electrons. The number of aromatic nitrogens is 4. The van der Waals surface area contributed by atoms with Crippen LogP contribution in [0.15, 0.2) is 36.7 Å². The molecule has 1 aromatic carbocycles. The van der Waals surface area contributed by atoms with Crippen LogP contribution in [0.25, 0.3) is 5.82 Å². The van der Waals surface area contributed by atoms with Crippen LogP contribution in [-0.4, -0.2) is 69.8 Å². The number of hydrogen-bond donors (Lipinski definition) is 0. The molecule has 0 saturated carbocycles. The summed E-state index contributed by atoms with van der Waals surface area (Å²) in [5.41, 5.74) is 2.83. The molecule has 0 N–H and O–H groups in total. The zero-order chi connectivity index (χ0) is 23.1. The molecular formula is C23H25ClFN7O.